The normalized spacial score (nSPS) is 11.5. The standard InChI is InChI=1S/C25H27ClFN5O5S/c1-4-36-21-10-19-16(24(29-13-28-19)31-15-6-7-18(27)17(26)8-15)9-20(21)32-25(35)14(3)30-22(33)11-38-12-23(34)37-5-2/h6-10,13-14H,4-5,11-12H2,1-3H3,(H,30,33)(H,32,35)(H,28,29,31)/t14-/m0/s1. The molecule has 0 spiro atoms. The molecule has 38 heavy (non-hydrogen) atoms. The summed E-state index contributed by atoms with van der Waals surface area (Å²) in [5.41, 5.74) is 1.39. The molecule has 0 fully saturated rings. The van der Waals surface area contributed by atoms with Crippen LogP contribution in [0.1, 0.15) is 20.8 Å². The van der Waals surface area contributed by atoms with Gasteiger partial charge in [0, 0.05) is 17.1 Å². The molecule has 0 saturated carbocycles. The topological polar surface area (TPSA) is 132 Å². The average Bonchev–Trinajstić information content (AvgIpc) is 2.87. The van der Waals surface area contributed by atoms with Crippen LogP contribution in [0.25, 0.3) is 10.9 Å². The maximum Gasteiger partial charge on any atom is 0.315 e. The lowest BCUT2D eigenvalue weighted by molar-refractivity contribution is -0.139. The molecule has 2 aromatic carbocycles. The molecular formula is C25H27ClFN5O5S. The third-order valence-electron chi connectivity index (χ3n) is 5.01. The van der Waals surface area contributed by atoms with Crippen molar-refractivity contribution in [3.63, 3.8) is 0 Å². The van der Waals surface area contributed by atoms with Crippen molar-refractivity contribution in [3.05, 3.63) is 47.5 Å². The van der Waals surface area contributed by atoms with Gasteiger partial charge in [0.05, 0.1) is 40.9 Å². The molecule has 1 heterocycles. The van der Waals surface area contributed by atoms with Crippen LogP contribution >= 0.6 is 23.4 Å². The minimum atomic E-state index is -0.873. The van der Waals surface area contributed by atoms with E-state index in [1.165, 1.54) is 24.5 Å². The van der Waals surface area contributed by atoms with Crippen molar-refractivity contribution in [2.45, 2.75) is 26.8 Å². The number of ether oxygens (including phenoxy) is 2. The fourth-order valence-electron chi connectivity index (χ4n) is 3.29. The summed E-state index contributed by atoms with van der Waals surface area (Å²) in [6.45, 7) is 5.65. The Morgan fingerprint density at radius 2 is 1.89 bits per heavy atom. The van der Waals surface area contributed by atoms with E-state index in [2.05, 4.69) is 25.9 Å². The maximum atomic E-state index is 13.6. The van der Waals surface area contributed by atoms with Crippen LogP contribution in [0.15, 0.2) is 36.7 Å². The zero-order valence-corrected chi connectivity index (χ0v) is 22.5. The highest BCUT2D eigenvalue weighted by Crippen LogP contribution is 2.34. The lowest BCUT2D eigenvalue weighted by Crippen LogP contribution is -2.42. The fourth-order valence-corrected chi connectivity index (χ4v) is 4.09. The first-order valence-electron chi connectivity index (χ1n) is 11.7. The maximum absolute atomic E-state index is 13.6. The Morgan fingerprint density at radius 1 is 1.11 bits per heavy atom. The summed E-state index contributed by atoms with van der Waals surface area (Å²) in [7, 11) is 0. The van der Waals surface area contributed by atoms with E-state index in [4.69, 9.17) is 21.1 Å². The van der Waals surface area contributed by atoms with Crippen molar-refractivity contribution in [2.75, 3.05) is 35.4 Å². The average molecular weight is 564 g/mol. The van der Waals surface area contributed by atoms with Crippen LogP contribution in [0.4, 0.5) is 21.6 Å². The van der Waals surface area contributed by atoms with E-state index in [1.54, 1.807) is 32.9 Å². The molecule has 1 atom stereocenters. The van der Waals surface area contributed by atoms with E-state index in [0.29, 0.717) is 40.5 Å². The number of fused-ring (bicyclic) bond motifs is 1. The third kappa shape index (κ3) is 7.93. The van der Waals surface area contributed by atoms with Crippen molar-refractivity contribution in [1.29, 1.82) is 0 Å². The number of halogens is 2. The summed E-state index contributed by atoms with van der Waals surface area (Å²) in [5.74, 6) is -1.02. The van der Waals surface area contributed by atoms with E-state index >= 15 is 0 Å². The van der Waals surface area contributed by atoms with Crippen molar-refractivity contribution < 1.29 is 28.2 Å². The van der Waals surface area contributed by atoms with Gasteiger partial charge < -0.3 is 25.4 Å². The molecule has 0 bridgehead atoms. The number of benzene rings is 2. The molecule has 3 rings (SSSR count). The Hall–Kier alpha value is -3.64. The largest absolute Gasteiger partial charge is 0.492 e. The second-order valence-electron chi connectivity index (χ2n) is 7.85. The van der Waals surface area contributed by atoms with Crippen molar-refractivity contribution in [2.24, 2.45) is 0 Å². The summed E-state index contributed by atoms with van der Waals surface area (Å²) in [6.07, 6.45) is 1.36. The van der Waals surface area contributed by atoms with E-state index in [0.717, 1.165) is 11.8 Å². The van der Waals surface area contributed by atoms with Crippen molar-refractivity contribution >= 4 is 69.2 Å². The zero-order valence-electron chi connectivity index (χ0n) is 21.0. The molecule has 10 nitrogen and oxygen atoms in total. The molecule has 202 valence electrons. The lowest BCUT2D eigenvalue weighted by Gasteiger charge is -2.17. The van der Waals surface area contributed by atoms with Gasteiger partial charge in [-0.25, -0.2) is 14.4 Å². The number of aromatic nitrogens is 2. The smallest absolute Gasteiger partial charge is 0.315 e. The van der Waals surface area contributed by atoms with Gasteiger partial charge in [0.2, 0.25) is 11.8 Å². The number of hydrogen-bond acceptors (Lipinski definition) is 9. The number of nitrogens with zero attached hydrogens (tertiary/aromatic N) is 2. The first kappa shape index (κ1) is 28.9. The summed E-state index contributed by atoms with van der Waals surface area (Å²) in [6, 6.07) is 6.61. The summed E-state index contributed by atoms with van der Waals surface area (Å²) in [4.78, 5) is 45.1. The van der Waals surface area contributed by atoms with E-state index in [9.17, 15) is 18.8 Å². The molecule has 13 heteroatoms. The first-order chi connectivity index (χ1) is 18.2. The quantitative estimate of drug-likeness (QED) is 0.276. The second kappa shape index (κ2) is 13.8. The molecule has 0 unspecified atom stereocenters. The predicted octanol–water partition coefficient (Wildman–Crippen LogP) is 4.30. The van der Waals surface area contributed by atoms with Gasteiger partial charge in [-0.15, -0.1) is 11.8 Å². The molecule has 0 aliphatic heterocycles. The number of hydrogen-bond donors (Lipinski definition) is 3. The van der Waals surface area contributed by atoms with Crippen LogP contribution in [0.5, 0.6) is 5.75 Å². The number of rotatable bonds is 12. The molecule has 0 aliphatic rings. The number of amides is 2. The van der Waals surface area contributed by atoms with Gasteiger partial charge in [0.1, 0.15) is 29.8 Å². The number of thioether (sulfide) groups is 1. The SMILES string of the molecule is CCOC(=O)CSCC(=O)N[C@@H](C)C(=O)Nc1cc2c(Nc3ccc(F)c(Cl)c3)ncnc2cc1OCC. The Labute approximate surface area is 228 Å². The van der Waals surface area contributed by atoms with Gasteiger partial charge in [0.25, 0.3) is 0 Å². The molecule has 3 N–H and O–H groups in total. The monoisotopic (exact) mass is 563 g/mol. The molecule has 1 aromatic heterocycles. The minimum Gasteiger partial charge on any atom is -0.492 e. The van der Waals surface area contributed by atoms with Crippen molar-refractivity contribution in [1.82, 2.24) is 15.3 Å². The molecule has 0 aliphatic carbocycles. The van der Waals surface area contributed by atoms with Crippen LogP contribution in [0, 0.1) is 5.82 Å². The zero-order chi connectivity index (χ0) is 27.7. The molecule has 3 aromatic rings. The Morgan fingerprint density at radius 3 is 2.61 bits per heavy atom. The second-order valence-corrected chi connectivity index (χ2v) is 9.24. The van der Waals surface area contributed by atoms with Gasteiger partial charge in [-0.2, -0.15) is 0 Å². The Bertz CT molecular complexity index is 1330. The molecule has 2 amide bonds. The Kier molecular flexibility index (Phi) is 10.5. The van der Waals surface area contributed by atoms with E-state index in [1.807, 2.05) is 0 Å². The Balaban J connectivity index is 1.76. The molecule has 0 saturated heterocycles. The van der Waals surface area contributed by atoms with Crippen LogP contribution in [0.2, 0.25) is 5.02 Å². The number of nitrogens with one attached hydrogen (secondary N) is 3. The third-order valence-corrected chi connectivity index (χ3v) is 6.20. The van der Waals surface area contributed by atoms with Crippen molar-refractivity contribution in [3.8, 4) is 5.75 Å². The minimum absolute atomic E-state index is 0.00360. The summed E-state index contributed by atoms with van der Waals surface area (Å²) in [5, 5.41) is 8.97. The van der Waals surface area contributed by atoms with Crippen LogP contribution in [-0.2, 0) is 19.1 Å². The highest BCUT2D eigenvalue weighted by molar-refractivity contribution is 8.00. The van der Waals surface area contributed by atoms with E-state index < -0.39 is 29.6 Å². The van der Waals surface area contributed by atoms with Crippen LogP contribution in [-0.4, -0.2) is 58.5 Å². The van der Waals surface area contributed by atoms with Crippen LogP contribution in [0.3, 0.4) is 0 Å². The number of carbonyl (C=O) groups is 3. The lowest BCUT2D eigenvalue weighted by atomic mass is 10.1. The predicted molar refractivity (Wildman–Crippen MR) is 146 cm³/mol. The van der Waals surface area contributed by atoms with Gasteiger partial charge in [-0.3, -0.25) is 14.4 Å². The summed E-state index contributed by atoms with van der Waals surface area (Å²) < 4.78 is 24.1. The number of carbonyl (C=O) groups excluding carboxylic acids is 3. The van der Waals surface area contributed by atoms with Gasteiger partial charge in [-0.1, -0.05) is 11.6 Å². The van der Waals surface area contributed by atoms with Gasteiger partial charge in [0.15, 0.2) is 0 Å². The fraction of sp³-hybridized carbons (Fsp3) is 0.320. The van der Waals surface area contributed by atoms with Gasteiger partial charge >= 0.3 is 5.97 Å². The number of esters is 1. The molecular weight excluding hydrogens is 537 g/mol. The summed E-state index contributed by atoms with van der Waals surface area (Å²) >= 11 is 6.99. The first-order valence-corrected chi connectivity index (χ1v) is 13.2. The van der Waals surface area contributed by atoms with Gasteiger partial charge in [-0.05, 0) is 45.0 Å². The molecule has 0 radical (unpaired) electrons. The highest BCUT2D eigenvalue weighted by atomic mass is 35.5. The van der Waals surface area contributed by atoms with E-state index in [-0.39, 0.29) is 23.1 Å². The highest BCUT2D eigenvalue weighted by Gasteiger charge is 2.19. The van der Waals surface area contributed by atoms with Crippen LogP contribution < -0.4 is 20.7 Å². The number of anilines is 3.